The van der Waals surface area contributed by atoms with Crippen molar-refractivity contribution in [2.75, 3.05) is 13.2 Å². The van der Waals surface area contributed by atoms with Gasteiger partial charge in [0.05, 0.1) is 0 Å². The first-order valence-corrected chi connectivity index (χ1v) is 29.7. The summed E-state index contributed by atoms with van der Waals surface area (Å²) in [6.45, 7) is 6.69. The molecule has 0 bridgehead atoms. The zero-order valence-corrected chi connectivity index (χ0v) is 44.7. The average Bonchev–Trinajstić information content (AvgIpc) is 3.31. The van der Waals surface area contributed by atoms with Crippen molar-refractivity contribution in [1.29, 1.82) is 0 Å². The van der Waals surface area contributed by atoms with Gasteiger partial charge in [0.15, 0.2) is 6.10 Å². The molecule has 0 aliphatic heterocycles. The first-order chi connectivity index (χ1) is 32.5. The second-order valence-electron chi connectivity index (χ2n) is 20.3. The third-order valence-electron chi connectivity index (χ3n) is 13.5. The summed E-state index contributed by atoms with van der Waals surface area (Å²) >= 11 is 0. The second-order valence-corrected chi connectivity index (χ2v) is 20.3. The largest absolute Gasteiger partial charge is 0.462 e. The maximum atomic E-state index is 12.9. The highest BCUT2D eigenvalue weighted by molar-refractivity contribution is 5.71. The number of carbonyl (C=O) groups is 3. The molecule has 0 N–H and O–H groups in total. The van der Waals surface area contributed by atoms with Crippen molar-refractivity contribution in [3.8, 4) is 0 Å². The predicted octanol–water partition coefficient (Wildman–Crippen LogP) is 19.7. The maximum absolute atomic E-state index is 12.9. The number of unbranched alkanes of at least 4 members (excludes halogenated alkanes) is 42. The Kier molecular flexibility index (Phi) is 54.2. The van der Waals surface area contributed by atoms with Crippen molar-refractivity contribution in [2.24, 2.45) is 0 Å². The number of carbonyl (C=O) groups excluding carboxylic acids is 3. The molecule has 0 aromatic rings. The molecule has 0 unspecified atom stereocenters. The van der Waals surface area contributed by atoms with Crippen molar-refractivity contribution in [3.63, 3.8) is 0 Å². The van der Waals surface area contributed by atoms with Gasteiger partial charge in [-0.25, -0.2) is 0 Å². The van der Waals surface area contributed by atoms with Gasteiger partial charge in [-0.15, -0.1) is 0 Å². The molecule has 0 aliphatic carbocycles. The molecule has 0 heterocycles. The Balaban J connectivity index is 4.28. The van der Waals surface area contributed by atoms with Gasteiger partial charge in [-0.3, -0.25) is 14.4 Å². The lowest BCUT2D eigenvalue weighted by Gasteiger charge is -2.18. The molecule has 0 radical (unpaired) electrons. The van der Waals surface area contributed by atoms with Crippen LogP contribution in [0.2, 0.25) is 0 Å². The van der Waals surface area contributed by atoms with E-state index in [1.807, 2.05) is 0 Å². The van der Waals surface area contributed by atoms with Gasteiger partial charge in [0, 0.05) is 19.3 Å². The number of rotatable bonds is 55. The van der Waals surface area contributed by atoms with Crippen molar-refractivity contribution in [3.05, 3.63) is 12.2 Å². The van der Waals surface area contributed by atoms with Crippen LogP contribution in [0.15, 0.2) is 12.2 Å². The van der Waals surface area contributed by atoms with Gasteiger partial charge in [0.2, 0.25) is 0 Å². The molecule has 0 aromatic carbocycles. The smallest absolute Gasteiger partial charge is 0.306 e. The number of allylic oxidation sites excluding steroid dienone is 2. The maximum Gasteiger partial charge on any atom is 0.306 e. The van der Waals surface area contributed by atoms with Crippen molar-refractivity contribution in [1.82, 2.24) is 0 Å². The summed E-state index contributed by atoms with van der Waals surface area (Å²) in [4.78, 5) is 38.1. The van der Waals surface area contributed by atoms with Gasteiger partial charge in [-0.05, 0) is 44.9 Å². The van der Waals surface area contributed by atoms with Crippen molar-refractivity contribution >= 4 is 17.9 Å². The third-order valence-corrected chi connectivity index (χ3v) is 13.5. The fourth-order valence-corrected chi connectivity index (χ4v) is 9.03. The molecule has 0 amide bonds. The number of hydrogen-bond acceptors (Lipinski definition) is 6. The Morgan fingerprint density at radius 1 is 0.288 bits per heavy atom. The zero-order valence-electron chi connectivity index (χ0n) is 44.7. The lowest BCUT2D eigenvalue weighted by Crippen LogP contribution is -2.30. The van der Waals surface area contributed by atoms with Crippen LogP contribution >= 0.6 is 0 Å². The summed E-state index contributed by atoms with van der Waals surface area (Å²) in [7, 11) is 0. The monoisotopic (exact) mass is 931 g/mol. The van der Waals surface area contributed by atoms with E-state index in [0.717, 1.165) is 57.8 Å². The standard InChI is InChI=1S/C60H114O6/c1-4-7-10-13-16-19-22-25-27-29-30-32-33-35-38-41-44-47-50-53-59(62)65-56-57(55-64-58(61)52-49-46-43-40-37-24-21-18-15-12-9-6-3)66-60(63)54-51-48-45-42-39-36-34-31-28-26-23-20-17-14-11-8-5-2/h26,28,57H,4-25,27,29-56H2,1-3H3/b28-26-/t57-/m1/s1. The fourth-order valence-electron chi connectivity index (χ4n) is 9.03. The van der Waals surface area contributed by atoms with Crippen LogP contribution in [-0.4, -0.2) is 37.2 Å². The SMILES string of the molecule is CCCCCCCC/C=C\CCCCCCCCCC(=O)O[C@H](COC(=O)CCCCCCCCCCCCCC)COC(=O)CCCCCCCCCCCCCCCCCCCCC. The van der Waals surface area contributed by atoms with E-state index in [1.165, 1.54) is 238 Å². The Hall–Kier alpha value is -1.85. The molecule has 6 heteroatoms. The number of esters is 3. The first-order valence-electron chi connectivity index (χ1n) is 29.7. The van der Waals surface area contributed by atoms with E-state index in [9.17, 15) is 14.4 Å². The lowest BCUT2D eigenvalue weighted by atomic mass is 10.0. The van der Waals surface area contributed by atoms with Crippen LogP contribution in [0.5, 0.6) is 0 Å². The lowest BCUT2D eigenvalue weighted by molar-refractivity contribution is -0.167. The normalized spacial score (nSPS) is 12.0. The summed E-state index contributed by atoms with van der Waals surface area (Å²) in [6.07, 6.45) is 63.5. The van der Waals surface area contributed by atoms with Gasteiger partial charge >= 0.3 is 17.9 Å². The zero-order chi connectivity index (χ0) is 47.9. The molecule has 6 nitrogen and oxygen atoms in total. The molecule has 66 heavy (non-hydrogen) atoms. The predicted molar refractivity (Wildman–Crippen MR) is 284 cm³/mol. The van der Waals surface area contributed by atoms with Gasteiger partial charge in [-0.1, -0.05) is 283 Å². The summed E-state index contributed by atoms with van der Waals surface area (Å²) in [5.74, 6) is -0.845. The van der Waals surface area contributed by atoms with Crippen LogP contribution < -0.4 is 0 Å². The Morgan fingerprint density at radius 2 is 0.500 bits per heavy atom. The fraction of sp³-hybridized carbons (Fsp3) is 0.917. The average molecular weight is 932 g/mol. The van der Waals surface area contributed by atoms with Gasteiger partial charge in [0.25, 0.3) is 0 Å². The van der Waals surface area contributed by atoms with Crippen molar-refractivity contribution in [2.45, 2.75) is 341 Å². The van der Waals surface area contributed by atoms with E-state index >= 15 is 0 Å². The van der Waals surface area contributed by atoms with Gasteiger partial charge < -0.3 is 14.2 Å². The molecular formula is C60H114O6. The number of hydrogen-bond donors (Lipinski definition) is 0. The molecule has 390 valence electrons. The molecule has 0 saturated heterocycles. The molecule has 1 atom stereocenters. The highest BCUT2D eigenvalue weighted by Crippen LogP contribution is 2.17. The minimum absolute atomic E-state index is 0.0657. The molecule has 0 fully saturated rings. The molecular weight excluding hydrogens is 817 g/mol. The minimum atomic E-state index is -0.766. The third kappa shape index (κ3) is 53.1. The van der Waals surface area contributed by atoms with E-state index in [0.29, 0.717) is 19.3 Å². The summed E-state index contributed by atoms with van der Waals surface area (Å²) < 4.78 is 16.9. The molecule has 0 aromatic heterocycles. The van der Waals surface area contributed by atoms with Gasteiger partial charge in [-0.2, -0.15) is 0 Å². The quantitative estimate of drug-likeness (QED) is 0.0262. The summed E-state index contributed by atoms with van der Waals surface area (Å²) in [5.41, 5.74) is 0. The van der Waals surface area contributed by atoms with Crippen LogP contribution in [0.4, 0.5) is 0 Å². The Bertz CT molecular complexity index is 1020. The summed E-state index contributed by atoms with van der Waals surface area (Å²) in [5, 5.41) is 0. The van der Waals surface area contributed by atoms with Crippen LogP contribution in [-0.2, 0) is 28.6 Å². The topological polar surface area (TPSA) is 78.9 Å². The van der Waals surface area contributed by atoms with Gasteiger partial charge in [0.1, 0.15) is 13.2 Å². The van der Waals surface area contributed by atoms with Crippen LogP contribution in [0, 0.1) is 0 Å². The van der Waals surface area contributed by atoms with Crippen LogP contribution in [0.25, 0.3) is 0 Å². The van der Waals surface area contributed by atoms with Crippen LogP contribution in [0.3, 0.4) is 0 Å². The van der Waals surface area contributed by atoms with E-state index < -0.39 is 6.10 Å². The Morgan fingerprint density at radius 3 is 0.758 bits per heavy atom. The van der Waals surface area contributed by atoms with E-state index in [2.05, 4.69) is 32.9 Å². The van der Waals surface area contributed by atoms with E-state index in [1.54, 1.807) is 0 Å². The molecule has 0 saturated carbocycles. The Labute approximate surface area is 411 Å². The molecule has 0 rings (SSSR count). The molecule has 0 spiro atoms. The summed E-state index contributed by atoms with van der Waals surface area (Å²) in [6, 6.07) is 0. The minimum Gasteiger partial charge on any atom is -0.462 e. The van der Waals surface area contributed by atoms with Crippen molar-refractivity contribution < 1.29 is 28.6 Å². The van der Waals surface area contributed by atoms with E-state index in [-0.39, 0.29) is 31.1 Å². The highest BCUT2D eigenvalue weighted by atomic mass is 16.6. The second kappa shape index (κ2) is 55.7. The van der Waals surface area contributed by atoms with E-state index in [4.69, 9.17) is 14.2 Å². The molecule has 0 aliphatic rings. The number of ether oxygens (including phenoxy) is 3. The first kappa shape index (κ1) is 64.2. The van der Waals surface area contributed by atoms with Crippen LogP contribution in [0.1, 0.15) is 335 Å². The highest BCUT2D eigenvalue weighted by Gasteiger charge is 2.19.